The number of hydrogen-bond donors (Lipinski definition) is 2. The Kier molecular flexibility index (Phi) is 4.29. The molecule has 0 unspecified atom stereocenters. The molecule has 0 spiro atoms. The Bertz CT molecular complexity index is 1220. The van der Waals surface area contributed by atoms with Gasteiger partial charge in [0.15, 0.2) is 0 Å². The van der Waals surface area contributed by atoms with Gasteiger partial charge in [0.1, 0.15) is 12.2 Å². The van der Waals surface area contributed by atoms with Gasteiger partial charge in [-0.15, -0.1) is 0 Å². The van der Waals surface area contributed by atoms with Crippen LogP contribution in [0.25, 0.3) is 22.3 Å². The molecule has 1 aliphatic heterocycles. The number of nitrogens with one attached hydrogen (secondary N) is 2. The van der Waals surface area contributed by atoms with E-state index >= 15 is 0 Å². The zero-order valence-corrected chi connectivity index (χ0v) is 16.5. The molecule has 2 N–H and O–H groups in total. The summed E-state index contributed by atoms with van der Waals surface area (Å²) in [7, 11) is 0. The third-order valence-corrected chi connectivity index (χ3v) is 5.60. The van der Waals surface area contributed by atoms with E-state index in [1.165, 1.54) is 17.3 Å². The van der Waals surface area contributed by atoms with Crippen LogP contribution in [0.4, 0.5) is 0 Å². The van der Waals surface area contributed by atoms with Crippen LogP contribution in [0.3, 0.4) is 0 Å². The Morgan fingerprint density at radius 1 is 1.21 bits per heavy atom. The van der Waals surface area contributed by atoms with Crippen molar-refractivity contribution in [3.05, 3.63) is 74.8 Å². The van der Waals surface area contributed by atoms with Crippen molar-refractivity contribution in [2.45, 2.75) is 19.5 Å². The molecule has 0 saturated carbocycles. The highest BCUT2D eigenvalue weighted by Gasteiger charge is 2.22. The Hall–Kier alpha value is -2.84. The molecule has 4 aromatic rings. The molecular weight excluding hydrogens is 420 g/mol. The molecule has 0 saturated heterocycles. The second kappa shape index (κ2) is 6.96. The zero-order chi connectivity index (χ0) is 19.1. The van der Waals surface area contributed by atoms with Crippen LogP contribution in [0, 0.1) is 0 Å². The standard InChI is InChI=1S/C20H17BrN6O/c21-14-1-2-17-15(5-14)13(8-24-17)9-27-4-3-18-16(10-27)20(28)26-19(25-18)12-6-22-11-23-7-12/h1-2,5-8,11,24H,3-4,9-10H2,(H,25,26,28). The Labute approximate surface area is 169 Å². The van der Waals surface area contributed by atoms with Gasteiger partial charge in [0, 0.05) is 60.0 Å². The van der Waals surface area contributed by atoms with Crippen molar-refractivity contribution in [3.63, 3.8) is 0 Å². The van der Waals surface area contributed by atoms with Gasteiger partial charge in [0.2, 0.25) is 0 Å². The fraction of sp³-hybridized carbons (Fsp3) is 0.200. The molecule has 0 radical (unpaired) electrons. The molecule has 0 aliphatic carbocycles. The van der Waals surface area contributed by atoms with Crippen molar-refractivity contribution >= 4 is 26.8 Å². The van der Waals surface area contributed by atoms with Crippen LogP contribution in [0.15, 0.2) is 52.4 Å². The van der Waals surface area contributed by atoms with Crippen LogP contribution < -0.4 is 5.56 Å². The monoisotopic (exact) mass is 436 g/mol. The van der Waals surface area contributed by atoms with Crippen LogP contribution in [0.5, 0.6) is 0 Å². The van der Waals surface area contributed by atoms with Crippen molar-refractivity contribution in [3.8, 4) is 11.4 Å². The van der Waals surface area contributed by atoms with Gasteiger partial charge in [-0.2, -0.15) is 0 Å². The highest BCUT2D eigenvalue weighted by atomic mass is 79.9. The average Bonchev–Trinajstić information content (AvgIpc) is 3.11. The predicted octanol–water partition coefficient (Wildman–Crippen LogP) is 3.03. The molecule has 0 bridgehead atoms. The number of halogens is 1. The van der Waals surface area contributed by atoms with Crippen molar-refractivity contribution in [1.29, 1.82) is 0 Å². The summed E-state index contributed by atoms with van der Waals surface area (Å²) in [5, 5.41) is 1.20. The molecule has 8 heteroatoms. The Morgan fingerprint density at radius 3 is 2.93 bits per heavy atom. The first-order valence-corrected chi connectivity index (χ1v) is 9.82. The van der Waals surface area contributed by atoms with Crippen LogP contribution in [-0.2, 0) is 19.5 Å². The summed E-state index contributed by atoms with van der Waals surface area (Å²) in [4.78, 5) is 33.8. The van der Waals surface area contributed by atoms with Crippen molar-refractivity contribution in [1.82, 2.24) is 29.8 Å². The third-order valence-electron chi connectivity index (χ3n) is 5.11. The van der Waals surface area contributed by atoms with E-state index in [9.17, 15) is 4.79 Å². The average molecular weight is 437 g/mol. The minimum Gasteiger partial charge on any atom is -0.361 e. The summed E-state index contributed by atoms with van der Waals surface area (Å²) in [6, 6.07) is 6.22. The minimum absolute atomic E-state index is 0.0878. The summed E-state index contributed by atoms with van der Waals surface area (Å²) in [6.07, 6.45) is 7.56. The number of H-pyrrole nitrogens is 2. The topological polar surface area (TPSA) is 90.6 Å². The normalized spacial score (nSPS) is 14.3. The number of aromatic nitrogens is 5. The third kappa shape index (κ3) is 3.14. The molecule has 0 fully saturated rings. The summed E-state index contributed by atoms with van der Waals surface area (Å²) in [5.74, 6) is 0.527. The summed E-state index contributed by atoms with van der Waals surface area (Å²) < 4.78 is 1.06. The smallest absolute Gasteiger partial charge is 0.255 e. The number of rotatable bonds is 3. The van der Waals surface area contributed by atoms with Gasteiger partial charge in [0.05, 0.1) is 16.8 Å². The van der Waals surface area contributed by atoms with Crippen molar-refractivity contribution in [2.24, 2.45) is 0 Å². The zero-order valence-electron chi connectivity index (χ0n) is 14.9. The first-order valence-electron chi connectivity index (χ1n) is 9.03. The molecule has 5 rings (SSSR count). The number of aromatic amines is 2. The first-order chi connectivity index (χ1) is 13.7. The van der Waals surface area contributed by atoms with Crippen LogP contribution in [-0.4, -0.2) is 36.4 Å². The highest BCUT2D eigenvalue weighted by Crippen LogP contribution is 2.25. The van der Waals surface area contributed by atoms with Gasteiger partial charge < -0.3 is 9.97 Å². The number of nitrogens with zero attached hydrogens (tertiary/aromatic N) is 4. The fourth-order valence-corrected chi connectivity index (χ4v) is 4.06. The predicted molar refractivity (Wildman–Crippen MR) is 110 cm³/mol. The summed E-state index contributed by atoms with van der Waals surface area (Å²) >= 11 is 3.54. The van der Waals surface area contributed by atoms with Crippen molar-refractivity contribution in [2.75, 3.05) is 6.54 Å². The molecule has 4 heterocycles. The maximum atomic E-state index is 12.7. The second-order valence-electron chi connectivity index (χ2n) is 6.93. The van der Waals surface area contributed by atoms with Gasteiger partial charge in [-0.1, -0.05) is 15.9 Å². The molecular formula is C20H17BrN6O. The molecule has 140 valence electrons. The molecule has 1 aromatic carbocycles. The lowest BCUT2D eigenvalue weighted by molar-refractivity contribution is 0.242. The van der Waals surface area contributed by atoms with Gasteiger partial charge >= 0.3 is 0 Å². The molecule has 1 aliphatic rings. The summed E-state index contributed by atoms with van der Waals surface area (Å²) in [6.45, 7) is 2.22. The first kappa shape index (κ1) is 17.3. The van der Waals surface area contributed by atoms with Gasteiger partial charge in [-0.05, 0) is 23.8 Å². The van der Waals surface area contributed by atoms with Gasteiger partial charge in [-0.25, -0.2) is 15.0 Å². The van der Waals surface area contributed by atoms with E-state index in [0.717, 1.165) is 40.8 Å². The van der Waals surface area contributed by atoms with Gasteiger partial charge in [-0.3, -0.25) is 9.69 Å². The van der Waals surface area contributed by atoms with E-state index in [2.05, 4.69) is 57.9 Å². The Balaban J connectivity index is 1.42. The minimum atomic E-state index is -0.0878. The number of fused-ring (bicyclic) bond motifs is 2. The van der Waals surface area contributed by atoms with Crippen molar-refractivity contribution < 1.29 is 0 Å². The molecule has 3 aromatic heterocycles. The second-order valence-corrected chi connectivity index (χ2v) is 7.85. The maximum absolute atomic E-state index is 12.7. The number of hydrogen-bond acceptors (Lipinski definition) is 5. The van der Waals surface area contributed by atoms with Crippen LogP contribution in [0.1, 0.15) is 16.8 Å². The highest BCUT2D eigenvalue weighted by molar-refractivity contribution is 9.10. The van der Waals surface area contributed by atoms with E-state index in [1.54, 1.807) is 12.4 Å². The van der Waals surface area contributed by atoms with Gasteiger partial charge in [0.25, 0.3) is 5.56 Å². The molecule has 0 amide bonds. The van der Waals surface area contributed by atoms with E-state index in [0.29, 0.717) is 17.9 Å². The SMILES string of the molecule is O=c1[nH]c(-c2cncnc2)nc2c1CN(Cc1c[nH]c3ccc(Br)cc13)CC2. The van der Waals surface area contributed by atoms with E-state index in [1.807, 2.05) is 12.3 Å². The van der Waals surface area contributed by atoms with Crippen LogP contribution >= 0.6 is 15.9 Å². The largest absolute Gasteiger partial charge is 0.361 e. The van der Waals surface area contributed by atoms with E-state index < -0.39 is 0 Å². The molecule has 7 nitrogen and oxygen atoms in total. The fourth-order valence-electron chi connectivity index (χ4n) is 3.70. The molecule has 0 atom stereocenters. The van der Waals surface area contributed by atoms with Crippen LogP contribution in [0.2, 0.25) is 0 Å². The number of benzene rings is 1. The van der Waals surface area contributed by atoms with E-state index in [4.69, 9.17) is 0 Å². The lowest BCUT2D eigenvalue weighted by Gasteiger charge is -2.27. The maximum Gasteiger partial charge on any atom is 0.255 e. The lowest BCUT2D eigenvalue weighted by Crippen LogP contribution is -2.35. The van der Waals surface area contributed by atoms with E-state index in [-0.39, 0.29) is 5.56 Å². The molecule has 28 heavy (non-hydrogen) atoms. The lowest BCUT2D eigenvalue weighted by atomic mass is 10.1. The Morgan fingerprint density at radius 2 is 2.07 bits per heavy atom. The quantitative estimate of drug-likeness (QED) is 0.514. The summed E-state index contributed by atoms with van der Waals surface area (Å²) in [5.41, 5.74) is 4.57.